The van der Waals surface area contributed by atoms with Gasteiger partial charge < -0.3 is 4.74 Å². The Morgan fingerprint density at radius 3 is 2.72 bits per heavy atom. The SMILES string of the molecule is CCCCS(=O)(=O)Nc1c(C#N)cccc1OC. The molecule has 5 nitrogen and oxygen atoms in total. The van der Waals surface area contributed by atoms with Crippen LogP contribution in [0.1, 0.15) is 25.3 Å². The Balaban J connectivity index is 3.07. The Bertz CT molecular complexity index is 547. The average molecular weight is 268 g/mol. The number of nitrogens with zero attached hydrogens (tertiary/aromatic N) is 1. The number of methoxy groups -OCH3 is 1. The molecule has 1 N–H and O–H groups in total. The summed E-state index contributed by atoms with van der Waals surface area (Å²) >= 11 is 0. The quantitative estimate of drug-likeness (QED) is 0.857. The molecule has 0 radical (unpaired) electrons. The van der Waals surface area contributed by atoms with Crippen molar-refractivity contribution in [1.29, 1.82) is 5.26 Å². The van der Waals surface area contributed by atoms with Crippen molar-refractivity contribution in [3.05, 3.63) is 23.8 Å². The normalized spacial score (nSPS) is 10.7. The first kappa shape index (κ1) is 14.3. The maximum atomic E-state index is 11.8. The van der Waals surface area contributed by atoms with Crippen LogP contribution in [0.2, 0.25) is 0 Å². The van der Waals surface area contributed by atoms with E-state index in [1.807, 2.05) is 13.0 Å². The van der Waals surface area contributed by atoms with Crippen LogP contribution in [0.15, 0.2) is 18.2 Å². The summed E-state index contributed by atoms with van der Waals surface area (Å²) in [7, 11) is -2.01. The number of sulfonamides is 1. The van der Waals surface area contributed by atoms with Crippen molar-refractivity contribution in [1.82, 2.24) is 0 Å². The molecule has 0 aromatic heterocycles. The van der Waals surface area contributed by atoms with Crippen LogP contribution in [0.5, 0.6) is 5.75 Å². The lowest BCUT2D eigenvalue weighted by atomic mass is 10.2. The van der Waals surface area contributed by atoms with Crippen LogP contribution in [0, 0.1) is 11.3 Å². The summed E-state index contributed by atoms with van der Waals surface area (Å²) in [5, 5.41) is 8.97. The zero-order valence-corrected chi connectivity index (χ0v) is 11.3. The summed E-state index contributed by atoms with van der Waals surface area (Å²) in [5.74, 6) is 0.376. The van der Waals surface area contributed by atoms with Crippen LogP contribution in [0.4, 0.5) is 5.69 Å². The molecular formula is C12H16N2O3S. The minimum atomic E-state index is -3.44. The van der Waals surface area contributed by atoms with Crippen molar-refractivity contribution >= 4 is 15.7 Å². The predicted molar refractivity (Wildman–Crippen MR) is 70.0 cm³/mol. The molecule has 0 fully saturated rings. The van der Waals surface area contributed by atoms with E-state index in [1.165, 1.54) is 7.11 Å². The highest BCUT2D eigenvalue weighted by Gasteiger charge is 2.16. The number of nitrogens with one attached hydrogen (secondary N) is 1. The Labute approximate surface area is 107 Å². The summed E-state index contributed by atoms with van der Waals surface area (Å²) in [5.41, 5.74) is 0.452. The minimum Gasteiger partial charge on any atom is -0.495 e. The van der Waals surface area contributed by atoms with Crippen molar-refractivity contribution in [2.75, 3.05) is 17.6 Å². The van der Waals surface area contributed by atoms with Crippen molar-refractivity contribution in [2.24, 2.45) is 0 Å². The zero-order chi connectivity index (χ0) is 13.6. The van der Waals surface area contributed by atoms with Gasteiger partial charge >= 0.3 is 0 Å². The number of anilines is 1. The fourth-order valence-corrected chi connectivity index (χ4v) is 2.73. The Kier molecular flexibility index (Phi) is 4.98. The maximum absolute atomic E-state index is 11.8. The van der Waals surface area contributed by atoms with E-state index in [0.29, 0.717) is 12.2 Å². The van der Waals surface area contributed by atoms with Gasteiger partial charge in [-0.25, -0.2) is 8.42 Å². The third kappa shape index (κ3) is 3.64. The molecule has 0 saturated carbocycles. The second kappa shape index (κ2) is 6.26. The van der Waals surface area contributed by atoms with Crippen LogP contribution in [0.25, 0.3) is 0 Å². The topological polar surface area (TPSA) is 79.2 Å². The van der Waals surface area contributed by atoms with E-state index < -0.39 is 10.0 Å². The molecule has 0 unspecified atom stereocenters. The summed E-state index contributed by atoms with van der Waals surface area (Å²) in [6.45, 7) is 1.92. The lowest BCUT2D eigenvalue weighted by molar-refractivity contribution is 0.416. The molecule has 0 spiro atoms. The molecule has 0 aliphatic carbocycles. The van der Waals surface area contributed by atoms with E-state index in [9.17, 15) is 8.42 Å². The number of unbranched alkanes of at least 4 members (excludes halogenated alkanes) is 1. The van der Waals surface area contributed by atoms with Crippen molar-refractivity contribution in [2.45, 2.75) is 19.8 Å². The summed E-state index contributed by atoms with van der Waals surface area (Å²) in [6.07, 6.45) is 1.37. The Morgan fingerprint density at radius 2 is 2.17 bits per heavy atom. The Morgan fingerprint density at radius 1 is 1.44 bits per heavy atom. The third-order valence-electron chi connectivity index (χ3n) is 2.39. The van der Waals surface area contributed by atoms with Crippen molar-refractivity contribution in [3.8, 4) is 11.8 Å². The highest BCUT2D eigenvalue weighted by molar-refractivity contribution is 7.92. The number of rotatable bonds is 6. The van der Waals surface area contributed by atoms with Gasteiger partial charge in [-0.3, -0.25) is 4.72 Å². The first-order valence-corrected chi connectivity index (χ1v) is 7.27. The number of nitriles is 1. The number of para-hydroxylation sites is 1. The molecule has 1 aromatic rings. The number of hydrogen-bond acceptors (Lipinski definition) is 4. The number of hydrogen-bond donors (Lipinski definition) is 1. The van der Waals surface area contributed by atoms with Crippen molar-refractivity contribution in [3.63, 3.8) is 0 Å². The van der Waals surface area contributed by atoms with Gasteiger partial charge in [-0.1, -0.05) is 19.4 Å². The first-order valence-electron chi connectivity index (χ1n) is 5.61. The molecule has 18 heavy (non-hydrogen) atoms. The number of ether oxygens (including phenoxy) is 1. The van der Waals surface area contributed by atoms with Crippen LogP contribution in [0.3, 0.4) is 0 Å². The van der Waals surface area contributed by atoms with Gasteiger partial charge in [0, 0.05) is 0 Å². The van der Waals surface area contributed by atoms with Crippen LogP contribution in [-0.2, 0) is 10.0 Å². The van der Waals surface area contributed by atoms with Gasteiger partial charge in [0.2, 0.25) is 10.0 Å². The van der Waals surface area contributed by atoms with E-state index >= 15 is 0 Å². The summed E-state index contributed by atoms with van der Waals surface area (Å²) in [4.78, 5) is 0. The molecule has 0 saturated heterocycles. The zero-order valence-electron chi connectivity index (χ0n) is 10.4. The van der Waals surface area contributed by atoms with Crippen LogP contribution >= 0.6 is 0 Å². The second-order valence-electron chi connectivity index (χ2n) is 3.77. The molecule has 1 aromatic carbocycles. The molecule has 0 bridgehead atoms. The van der Waals surface area contributed by atoms with Gasteiger partial charge in [-0.15, -0.1) is 0 Å². The van der Waals surface area contributed by atoms with E-state index in [1.54, 1.807) is 18.2 Å². The summed E-state index contributed by atoms with van der Waals surface area (Å²) < 4.78 is 31.1. The molecule has 1 rings (SSSR count). The molecule has 6 heteroatoms. The first-order chi connectivity index (χ1) is 8.54. The van der Waals surface area contributed by atoms with Gasteiger partial charge in [-0.2, -0.15) is 5.26 Å². The molecule has 0 aliphatic heterocycles. The fraction of sp³-hybridized carbons (Fsp3) is 0.417. The van der Waals surface area contributed by atoms with Gasteiger partial charge in [0.25, 0.3) is 0 Å². The van der Waals surface area contributed by atoms with E-state index in [2.05, 4.69) is 4.72 Å². The largest absolute Gasteiger partial charge is 0.495 e. The monoisotopic (exact) mass is 268 g/mol. The highest BCUT2D eigenvalue weighted by atomic mass is 32.2. The summed E-state index contributed by atoms with van der Waals surface area (Å²) in [6, 6.07) is 6.73. The molecule has 98 valence electrons. The van der Waals surface area contributed by atoms with Crippen LogP contribution in [-0.4, -0.2) is 21.3 Å². The lowest BCUT2D eigenvalue weighted by Crippen LogP contribution is -2.17. The molecule has 0 atom stereocenters. The third-order valence-corrected chi connectivity index (χ3v) is 3.73. The van der Waals surface area contributed by atoms with E-state index in [4.69, 9.17) is 10.00 Å². The Hall–Kier alpha value is -1.74. The molecule has 0 heterocycles. The van der Waals surface area contributed by atoms with Gasteiger partial charge in [-0.05, 0) is 18.6 Å². The van der Waals surface area contributed by atoms with E-state index in [0.717, 1.165) is 6.42 Å². The van der Waals surface area contributed by atoms with Gasteiger partial charge in [0.1, 0.15) is 17.5 Å². The standard InChI is InChI=1S/C12H16N2O3S/c1-3-4-8-18(15,16)14-12-10(9-13)6-5-7-11(12)17-2/h5-7,14H,3-4,8H2,1-2H3. The smallest absolute Gasteiger partial charge is 0.232 e. The molecule has 0 aliphatic rings. The van der Waals surface area contributed by atoms with Crippen LogP contribution < -0.4 is 9.46 Å². The number of benzene rings is 1. The predicted octanol–water partition coefficient (Wildman–Crippen LogP) is 2.11. The van der Waals surface area contributed by atoms with Crippen molar-refractivity contribution < 1.29 is 13.2 Å². The average Bonchev–Trinajstić information content (AvgIpc) is 2.36. The maximum Gasteiger partial charge on any atom is 0.232 e. The lowest BCUT2D eigenvalue weighted by Gasteiger charge is -2.12. The van der Waals surface area contributed by atoms with Gasteiger partial charge in [0.05, 0.1) is 18.4 Å². The molecular weight excluding hydrogens is 252 g/mol. The highest BCUT2D eigenvalue weighted by Crippen LogP contribution is 2.28. The van der Waals surface area contributed by atoms with E-state index in [-0.39, 0.29) is 17.0 Å². The fourth-order valence-electron chi connectivity index (χ4n) is 1.44. The molecule has 0 amide bonds. The minimum absolute atomic E-state index is 0.0341. The second-order valence-corrected chi connectivity index (χ2v) is 5.61. The van der Waals surface area contributed by atoms with Gasteiger partial charge in [0.15, 0.2) is 0 Å².